The Morgan fingerprint density at radius 2 is 2.50 bits per heavy atom. The van der Waals surface area contributed by atoms with E-state index >= 15 is 0 Å². The molecule has 6 heavy (non-hydrogen) atoms. The van der Waals surface area contributed by atoms with E-state index in [2.05, 4.69) is 0 Å². The molecule has 0 saturated heterocycles. The van der Waals surface area contributed by atoms with Crippen molar-refractivity contribution in [2.24, 2.45) is 0 Å². The van der Waals surface area contributed by atoms with Crippen LogP contribution in [0.5, 0.6) is 0 Å². The van der Waals surface area contributed by atoms with Crippen LogP contribution in [0.25, 0.3) is 0 Å². The molecule has 0 aliphatic carbocycles. The summed E-state index contributed by atoms with van der Waals surface area (Å²) in [5.41, 5.74) is 0. The monoisotopic (exact) mass is 188 g/mol. The van der Waals surface area contributed by atoms with E-state index in [4.69, 9.17) is 4.42 Å². The minimum atomic E-state index is 1.02. The first-order chi connectivity index (χ1) is 2.89. The second kappa shape index (κ2) is 1.70. The maximum absolute atomic E-state index is 4.86. The summed E-state index contributed by atoms with van der Waals surface area (Å²) in [7, 11) is 0. The van der Waals surface area contributed by atoms with Crippen molar-refractivity contribution in [3.63, 3.8) is 0 Å². The third-order valence-corrected chi connectivity index (χ3v) is 1.23. The van der Waals surface area contributed by atoms with Crippen molar-refractivity contribution >= 4 is 26.7 Å². The summed E-state index contributed by atoms with van der Waals surface area (Å²) in [5.74, 6) is 0. The summed E-state index contributed by atoms with van der Waals surface area (Å²) < 4.78 is 5.87. The van der Waals surface area contributed by atoms with Crippen molar-refractivity contribution in [1.82, 2.24) is 0 Å². The first-order valence-corrected chi connectivity index (χ1v) is 2.90. The molecule has 2 radical (unpaired) electrons. The number of hydrogen-bond donors (Lipinski definition) is 0. The molecule has 1 aromatic rings. The third-order valence-electron chi connectivity index (χ3n) is 0.506. The molecule has 0 spiro atoms. The Hall–Kier alpha value is 0.0982. The van der Waals surface area contributed by atoms with Crippen molar-refractivity contribution in [2.45, 2.75) is 0 Å². The Labute approximate surface area is 49.8 Å². The van der Waals surface area contributed by atoms with Crippen LogP contribution in [0.1, 0.15) is 0 Å². The summed E-state index contributed by atoms with van der Waals surface area (Å²) >= 11 is 1.60. The van der Waals surface area contributed by atoms with Gasteiger partial charge in [0.25, 0.3) is 0 Å². The van der Waals surface area contributed by atoms with Gasteiger partial charge in [0.05, 0.1) is 0 Å². The topological polar surface area (TPSA) is 13.1 Å². The standard InChI is InChI=1S/C4H3O.Sb/c1-2-4-5-3-1;/h1-3H;. The molecule has 0 saturated carbocycles. The zero-order valence-corrected chi connectivity index (χ0v) is 5.64. The molecule has 0 N–H and O–H groups in total. The Morgan fingerprint density at radius 1 is 1.67 bits per heavy atom. The van der Waals surface area contributed by atoms with Crippen molar-refractivity contribution in [3.05, 3.63) is 18.4 Å². The zero-order chi connectivity index (χ0) is 4.41. The molecule has 0 fully saturated rings. The number of hydrogen-bond acceptors (Lipinski definition) is 1. The van der Waals surface area contributed by atoms with Gasteiger partial charge in [0.1, 0.15) is 0 Å². The molecule has 0 aliphatic heterocycles. The van der Waals surface area contributed by atoms with Crippen LogP contribution in [0.2, 0.25) is 0 Å². The molecule has 0 atom stereocenters. The Bertz CT molecular complexity index is 111. The summed E-state index contributed by atoms with van der Waals surface area (Å²) in [5, 5.41) is 0. The molecule has 1 aromatic heterocycles. The summed E-state index contributed by atoms with van der Waals surface area (Å²) in [6.45, 7) is 0. The quantitative estimate of drug-likeness (QED) is 0.526. The summed E-state index contributed by atoms with van der Waals surface area (Å²) in [6, 6.07) is 3.82. The summed E-state index contributed by atoms with van der Waals surface area (Å²) in [4.78, 5) is 0. The second-order valence-corrected chi connectivity index (χ2v) is 2.21. The molecule has 0 aliphatic rings. The fraction of sp³-hybridized carbons (Fsp3) is 0. The van der Waals surface area contributed by atoms with E-state index in [0.717, 1.165) is 3.71 Å². The first kappa shape index (κ1) is 4.26. The van der Waals surface area contributed by atoms with E-state index < -0.39 is 0 Å². The van der Waals surface area contributed by atoms with Gasteiger partial charge in [-0.05, 0) is 0 Å². The van der Waals surface area contributed by atoms with Crippen LogP contribution in [0.15, 0.2) is 22.8 Å². The zero-order valence-electron chi connectivity index (χ0n) is 3.09. The van der Waals surface area contributed by atoms with E-state index in [-0.39, 0.29) is 0 Å². The molecule has 1 rings (SSSR count). The Kier molecular flexibility index (Phi) is 1.21. The van der Waals surface area contributed by atoms with Crippen molar-refractivity contribution in [1.29, 1.82) is 0 Å². The molecule has 0 bridgehead atoms. The minimum absolute atomic E-state index is 1.02. The second-order valence-electron chi connectivity index (χ2n) is 0.951. The van der Waals surface area contributed by atoms with Crippen LogP contribution in [0.3, 0.4) is 0 Å². The SMILES string of the molecule is [Sb][c]1ccco1. The van der Waals surface area contributed by atoms with Gasteiger partial charge < -0.3 is 0 Å². The van der Waals surface area contributed by atoms with Crippen molar-refractivity contribution in [2.75, 3.05) is 0 Å². The van der Waals surface area contributed by atoms with Crippen LogP contribution in [-0.4, -0.2) is 23.0 Å². The van der Waals surface area contributed by atoms with Gasteiger partial charge in [0, 0.05) is 0 Å². The van der Waals surface area contributed by atoms with Crippen LogP contribution >= 0.6 is 0 Å². The van der Waals surface area contributed by atoms with E-state index in [9.17, 15) is 0 Å². The predicted molar refractivity (Wildman–Crippen MR) is 24.1 cm³/mol. The van der Waals surface area contributed by atoms with Gasteiger partial charge >= 0.3 is 49.5 Å². The van der Waals surface area contributed by atoms with E-state index in [1.54, 1.807) is 29.3 Å². The maximum atomic E-state index is 4.86. The van der Waals surface area contributed by atoms with Crippen molar-refractivity contribution < 1.29 is 4.42 Å². The third kappa shape index (κ3) is 0.781. The molecule has 0 aromatic carbocycles. The van der Waals surface area contributed by atoms with E-state index in [1.165, 1.54) is 0 Å². The van der Waals surface area contributed by atoms with Gasteiger partial charge in [-0.3, -0.25) is 0 Å². The number of rotatable bonds is 0. The van der Waals surface area contributed by atoms with Crippen LogP contribution in [0.4, 0.5) is 0 Å². The molecular formula is C4H3OSb. The van der Waals surface area contributed by atoms with Gasteiger partial charge in [0.15, 0.2) is 0 Å². The molecular weight excluding hydrogens is 186 g/mol. The molecule has 30 valence electrons. The fourth-order valence-corrected chi connectivity index (χ4v) is 0.689. The Morgan fingerprint density at radius 3 is 2.67 bits per heavy atom. The molecule has 2 heteroatoms. The van der Waals surface area contributed by atoms with E-state index in [0.29, 0.717) is 0 Å². The fourth-order valence-electron chi connectivity index (χ4n) is 0.270. The Balaban J connectivity index is 3.05. The predicted octanol–water partition coefficient (Wildman–Crippen LogP) is 0.0734. The van der Waals surface area contributed by atoms with E-state index in [1.807, 2.05) is 12.1 Å². The van der Waals surface area contributed by atoms with Crippen LogP contribution in [0, 0.1) is 0 Å². The van der Waals surface area contributed by atoms with Gasteiger partial charge in [-0.1, -0.05) is 0 Å². The van der Waals surface area contributed by atoms with Gasteiger partial charge in [-0.25, -0.2) is 0 Å². The van der Waals surface area contributed by atoms with Crippen LogP contribution < -0.4 is 3.71 Å². The molecule has 0 unspecified atom stereocenters. The summed E-state index contributed by atoms with van der Waals surface area (Å²) in [6.07, 6.45) is 1.67. The first-order valence-electron chi connectivity index (χ1n) is 1.62. The average Bonchev–Trinajstić information content (AvgIpc) is 1.86. The molecule has 1 nitrogen and oxygen atoms in total. The molecule has 1 heterocycles. The normalized spacial score (nSPS) is 8.83. The molecule has 0 amide bonds. The van der Waals surface area contributed by atoms with Gasteiger partial charge in [0.2, 0.25) is 0 Å². The van der Waals surface area contributed by atoms with Crippen molar-refractivity contribution in [3.8, 4) is 0 Å². The van der Waals surface area contributed by atoms with Crippen LogP contribution in [-0.2, 0) is 0 Å². The van der Waals surface area contributed by atoms with Gasteiger partial charge in [-0.15, -0.1) is 0 Å². The average molecular weight is 189 g/mol. The van der Waals surface area contributed by atoms with Gasteiger partial charge in [-0.2, -0.15) is 0 Å². The number of furan rings is 1.